The fraction of sp³-hybridized carbons (Fsp3) is 0.462. The molecule has 0 spiro atoms. The van der Waals surface area contributed by atoms with E-state index in [1.54, 1.807) is 30.3 Å². The number of amides is 3. The molecule has 2 atom stereocenters. The number of carbonyl (C=O) groups excluding carboxylic acids is 5. The summed E-state index contributed by atoms with van der Waals surface area (Å²) < 4.78 is 10.3. The fourth-order valence-electron chi connectivity index (χ4n) is 4.01. The Morgan fingerprint density at radius 1 is 1.26 bits per heavy atom. The Morgan fingerprint density at radius 3 is 2.71 bits per heavy atom. The molecule has 12 heteroatoms. The number of rotatable bonds is 11. The number of nitrogens with one attached hydrogen (secondary N) is 4. The van der Waals surface area contributed by atoms with Gasteiger partial charge in [-0.05, 0) is 51.3 Å². The molecule has 1 aliphatic rings. The SMILES string of the molecule is COc1cccc2[nH]c(C(=O)NCC(=O)N[C@@H](C[C@@H]3CCCNC3=O)C(=O)COC(=O)C(C)(C)C#N)cc12. The maximum absolute atomic E-state index is 12.9. The van der Waals surface area contributed by atoms with E-state index in [0.717, 1.165) is 6.42 Å². The number of hydrogen-bond donors (Lipinski definition) is 4. The molecule has 4 N–H and O–H groups in total. The number of esters is 1. The van der Waals surface area contributed by atoms with Gasteiger partial charge in [0.15, 0.2) is 12.4 Å². The Bertz CT molecular complexity index is 1280. The second kappa shape index (κ2) is 12.2. The van der Waals surface area contributed by atoms with Gasteiger partial charge < -0.3 is 30.4 Å². The molecule has 1 aliphatic heterocycles. The number of aromatic nitrogens is 1. The van der Waals surface area contributed by atoms with E-state index < -0.39 is 54.1 Å². The summed E-state index contributed by atoms with van der Waals surface area (Å²) >= 11 is 0. The van der Waals surface area contributed by atoms with Crippen LogP contribution in [0.4, 0.5) is 0 Å². The van der Waals surface area contributed by atoms with Crippen LogP contribution in [0.3, 0.4) is 0 Å². The molecule has 0 saturated carbocycles. The summed E-state index contributed by atoms with van der Waals surface area (Å²) in [6.45, 7) is 2.14. The first-order valence-corrected chi connectivity index (χ1v) is 12.2. The second-order valence-corrected chi connectivity index (χ2v) is 9.55. The van der Waals surface area contributed by atoms with E-state index in [1.807, 2.05) is 0 Å². The molecule has 1 saturated heterocycles. The summed E-state index contributed by atoms with van der Waals surface area (Å²) in [6.07, 6.45) is 1.26. The lowest BCUT2D eigenvalue weighted by atomic mass is 9.90. The van der Waals surface area contributed by atoms with Gasteiger partial charge in [0.05, 0.1) is 25.8 Å². The van der Waals surface area contributed by atoms with Crippen LogP contribution in [0, 0.1) is 22.7 Å². The molecule has 0 unspecified atom stereocenters. The van der Waals surface area contributed by atoms with Crippen molar-refractivity contribution in [2.24, 2.45) is 11.3 Å². The predicted octanol–water partition coefficient (Wildman–Crippen LogP) is 0.969. The summed E-state index contributed by atoms with van der Waals surface area (Å²) in [4.78, 5) is 65.5. The van der Waals surface area contributed by atoms with E-state index in [4.69, 9.17) is 14.7 Å². The normalized spacial score (nSPS) is 16.1. The molecule has 1 aromatic heterocycles. The van der Waals surface area contributed by atoms with E-state index in [9.17, 15) is 24.0 Å². The van der Waals surface area contributed by atoms with Crippen molar-refractivity contribution in [1.29, 1.82) is 5.26 Å². The summed E-state index contributed by atoms with van der Waals surface area (Å²) in [5, 5.41) is 17.6. The number of benzene rings is 1. The number of carbonyl (C=O) groups is 5. The molecule has 0 aliphatic carbocycles. The highest BCUT2D eigenvalue weighted by atomic mass is 16.5. The highest BCUT2D eigenvalue weighted by Gasteiger charge is 2.33. The van der Waals surface area contributed by atoms with Crippen molar-refractivity contribution in [2.75, 3.05) is 26.8 Å². The highest BCUT2D eigenvalue weighted by Crippen LogP contribution is 2.26. The molecular formula is C26H31N5O7. The van der Waals surface area contributed by atoms with Gasteiger partial charge in [0.25, 0.3) is 5.91 Å². The van der Waals surface area contributed by atoms with Crippen molar-refractivity contribution in [3.63, 3.8) is 0 Å². The van der Waals surface area contributed by atoms with Crippen LogP contribution >= 0.6 is 0 Å². The Balaban J connectivity index is 1.63. The van der Waals surface area contributed by atoms with Crippen molar-refractivity contribution >= 4 is 40.4 Å². The number of Topliss-reactive ketones (excluding diaryl/α,β-unsaturated/α-hetero) is 1. The third-order valence-corrected chi connectivity index (χ3v) is 6.28. The van der Waals surface area contributed by atoms with Crippen molar-refractivity contribution < 1.29 is 33.4 Å². The highest BCUT2D eigenvalue weighted by molar-refractivity contribution is 6.01. The maximum Gasteiger partial charge on any atom is 0.326 e. The number of nitrogens with zero attached hydrogens (tertiary/aromatic N) is 1. The van der Waals surface area contributed by atoms with Crippen LogP contribution < -0.4 is 20.7 Å². The van der Waals surface area contributed by atoms with Crippen LogP contribution in [0.15, 0.2) is 24.3 Å². The van der Waals surface area contributed by atoms with Crippen LogP contribution in [-0.2, 0) is 23.9 Å². The standard InChI is InChI=1S/C26H31N5O7/c1-26(2,14-27)25(36)38-13-20(32)18(10-15-6-5-9-28-23(15)34)31-22(33)12-29-24(35)19-11-16-17(30-19)7-4-8-21(16)37-3/h4,7-8,11,15,18,30H,5-6,9-10,12-13H2,1-3H3,(H,28,34)(H,29,35)(H,31,33)/t15-,18-/m0/s1. The topological polar surface area (TPSA) is 179 Å². The molecular weight excluding hydrogens is 494 g/mol. The van der Waals surface area contributed by atoms with Crippen molar-refractivity contribution in [3.05, 3.63) is 30.0 Å². The first-order chi connectivity index (χ1) is 18.1. The Labute approximate surface area is 219 Å². The summed E-state index contributed by atoms with van der Waals surface area (Å²) in [6, 6.07) is 7.57. The first kappa shape index (κ1) is 28.2. The van der Waals surface area contributed by atoms with Crippen LogP contribution in [0.5, 0.6) is 5.75 Å². The Morgan fingerprint density at radius 2 is 2.03 bits per heavy atom. The van der Waals surface area contributed by atoms with E-state index in [0.29, 0.717) is 29.6 Å². The number of H-pyrrole nitrogens is 1. The van der Waals surface area contributed by atoms with Crippen molar-refractivity contribution in [3.8, 4) is 11.8 Å². The Hall–Kier alpha value is -4.40. The number of piperidine rings is 1. The Kier molecular flexibility index (Phi) is 9.07. The zero-order chi connectivity index (χ0) is 27.9. The molecule has 1 fully saturated rings. The number of ether oxygens (including phenoxy) is 2. The second-order valence-electron chi connectivity index (χ2n) is 9.55. The van der Waals surface area contributed by atoms with E-state index in [2.05, 4.69) is 20.9 Å². The molecule has 38 heavy (non-hydrogen) atoms. The van der Waals surface area contributed by atoms with Gasteiger partial charge in [-0.15, -0.1) is 0 Å². The quantitative estimate of drug-likeness (QED) is 0.313. The summed E-state index contributed by atoms with van der Waals surface area (Å²) in [5.74, 6) is -2.87. The minimum atomic E-state index is -1.45. The third-order valence-electron chi connectivity index (χ3n) is 6.28. The van der Waals surface area contributed by atoms with Gasteiger partial charge in [-0.25, -0.2) is 0 Å². The molecule has 3 amide bonds. The molecule has 12 nitrogen and oxygen atoms in total. The number of ketones is 1. The lowest BCUT2D eigenvalue weighted by molar-refractivity contribution is -0.154. The average molecular weight is 526 g/mol. The number of fused-ring (bicyclic) bond motifs is 1. The summed E-state index contributed by atoms with van der Waals surface area (Å²) in [7, 11) is 1.52. The molecule has 0 bridgehead atoms. The average Bonchev–Trinajstić information content (AvgIpc) is 3.35. The zero-order valence-corrected chi connectivity index (χ0v) is 21.5. The predicted molar refractivity (Wildman–Crippen MR) is 135 cm³/mol. The monoisotopic (exact) mass is 525 g/mol. The molecule has 0 radical (unpaired) electrons. The van der Waals surface area contributed by atoms with Gasteiger partial charge in [-0.3, -0.25) is 24.0 Å². The lowest BCUT2D eigenvalue weighted by Crippen LogP contribution is -2.49. The summed E-state index contributed by atoms with van der Waals surface area (Å²) in [5.41, 5.74) is -0.542. The van der Waals surface area contributed by atoms with Gasteiger partial charge >= 0.3 is 5.97 Å². The molecule has 1 aromatic carbocycles. The first-order valence-electron chi connectivity index (χ1n) is 12.2. The van der Waals surface area contributed by atoms with E-state index in [-0.39, 0.29) is 18.0 Å². The van der Waals surface area contributed by atoms with Gasteiger partial charge in [0.2, 0.25) is 11.8 Å². The molecule has 2 heterocycles. The zero-order valence-electron chi connectivity index (χ0n) is 21.5. The van der Waals surface area contributed by atoms with Crippen LogP contribution in [-0.4, -0.2) is 67.3 Å². The largest absolute Gasteiger partial charge is 0.496 e. The number of methoxy groups -OCH3 is 1. The van der Waals surface area contributed by atoms with Crippen molar-refractivity contribution in [2.45, 2.75) is 39.2 Å². The molecule has 3 rings (SSSR count). The molecule has 2 aromatic rings. The van der Waals surface area contributed by atoms with Gasteiger partial charge in [-0.2, -0.15) is 5.26 Å². The third kappa shape index (κ3) is 6.88. The van der Waals surface area contributed by atoms with Gasteiger partial charge in [0, 0.05) is 23.4 Å². The smallest absolute Gasteiger partial charge is 0.326 e. The van der Waals surface area contributed by atoms with E-state index in [1.165, 1.54) is 21.0 Å². The number of nitriles is 1. The van der Waals surface area contributed by atoms with Crippen LogP contribution in [0.2, 0.25) is 0 Å². The molecule has 202 valence electrons. The van der Waals surface area contributed by atoms with E-state index >= 15 is 0 Å². The van der Waals surface area contributed by atoms with Crippen LogP contribution in [0.25, 0.3) is 10.9 Å². The number of aromatic amines is 1. The fourth-order valence-corrected chi connectivity index (χ4v) is 4.01. The minimum Gasteiger partial charge on any atom is -0.496 e. The maximum atomic E-state index is 12.9. The van der Waals surface area contributed by atoms with Crippen LogP contribution in [0.1, 0.15) is 43.6 Å². The minimum absolute atomic E-state index is 0.00532. The number of hydrogen-bond acceptors (Lipinski definition) is 8. The van der Waals surface area contributed by atoms with Gasteiger partial charge in [0.1, 0.15) is 16.9 Å². The lowest BCUT2D eigenvalue weighted by Gasteiger charge is -2.26. The van der Waals surface area contributed by atoms with Crippen molar-refractivity contribution in [1.82, 2.24) is 20.9 Å². The van der Waals surface area contributed by atoms with Gasteiger partial charge in [-0.1, -0.05) is 6.07 Å².